The highest BCUT2D eigenvalue weighted by Gasteiger charge is 2.27. The molecule has 0 spiro atoms. The van der Waals surface area contributed by atoms with Crippen LogP contribution in [-0.2, 0) is 11.3 Å². The van der Waals surface area contributed by atoms with Gasteiger partial charge in [-0.15, -0.1) is 0 Å². The Bertz CT molecular complexity index is 954. The molecule has 0 saturated carbocycles. The number of aromatic nitrogens is 2. The fourth-order valence-electron chi connectivity index (χ4n) is 3.62. The van der Waals surface area contributed by atoms with Crippen LogP contribution < -0.4 is 10.2 Å². The van der Waals surface area contributed by atoms with Gasteiger partial charge in [-0.1, -0.05) is 12.1 Å². The van der Waals surface area contributed by atoms with Crippen LogP contribution >= 0.6 is 11.3 Å². The summed E-state index contributed by atoms with van der Waals surface area (Å²) in [5, 5.41) is 8.27. The van der Waals surface area contributed by atoms with Crippen molar-refractivity contribution in [3.05, 3.63) is 51.8 Å². The average Bonchev–Trinajstić information content (AvgIpc) is 3.19. The van der Waals surface area contributed by atoms with Crippen LogP contribution in [0, 0.1) is 19.8 Å². The van der Waals surface area contributed by atoms with Gasteiger partial charge in [-0.2, -0.15) is 11.3 Å². The first-order valence-corrected chi connectivity index (χ1v) is 10.3. The highest BCUT2D eigenvalue weighted by atomic mass is 32.1. The van der Waals surface area contributed by atoms with Crippen LogP contribution in [0.2, 0.25) is 0 Å². The van der Waals surface area contributed by atoms with E-state index in [0.29, 0.717) is 13.1 Å². The zero-order valence-corrected chi connectivity index (χ0v) is 16.6. The lowest BCUT2D eigenvalue weighted by Gasteiger charge is -2.32. The number of hydrogen-bond donors (Lipinski definition) is 1. The van der Waals surface area contributed by atoms with E-state index in [-0.39, 0.29) is 11.8 Å². The molecule has 0 radical (unpaired) electrons. The normalized spacial score (nSPS) is 17.3. The zero-order chi connectivity index (χ0) is 18.8. The molecule has 1 aliphatic heterocycles. The Labute approximate surface area is 163 Å². The van der Waals surface area contributed by atoms with Crippen LogP contribution in [0.1, 0.15) is 29.7 Å². The number of hydrogen-bond acceptors (Lipinski definition) is 5. The van der Waals surface area contributed by atoms with Gasteiger partial charge in [-0.25, -0.2) is 9.97 Å². The molecule has 1 N–H and O–H groups in total. The smallest absolute Gasteiger partial charge is 0.226 e. The topological polar surface area (TPSA) is 58.1 Å². The van der Waals surface area contributed by atoms with E-state index in [1.54, 1.807) is 11.3 Å². The Morgan fingerprint density at radius 1 is 1.30 bits per heavy atom. The summed E-state index contributed by atoms with van der Waals surface area (Å²) >= 11 is 1.65. The van der Waals surface area contributed by atoms with Crippen LogP contribution in [0.5, 0.6) is 0 Å². The van der Waals surface area contributed by atoms with Gasteiger partial charge in [0.25, 0.3) is 0 Å². The molecule has 1 atom stereocenters. The number of nitrogens with one attached hydrogen (secondary N) is 1. The van der Waals surface area contributed by atoms with Gasteiger partial charge in [0.2, 0.25) is 11.9 Å². The average molecular weight is 381 g/mol. The summed E-state index contributed by atoms with van der Waals surface area (Å²) in [6.45, 7) is 6.27. The molecule has 1 saturated heterocycles. The second-order valence-electron chi connectivity index (χ2n) is 7.26. The molecule has 5 nitrogen and oxygen atoms in total. The monoisotopic (exact) mass is 380 g/mol. The molecule has 2 aromatic heterocycles. The number of fused-ring (bicyclic) bond motifs is 1. The van der Waals surface area contributed by atoms with Crippen LogP contribution in [0.15, 0.2) is 35.0 Å². The van der Waals surface area contributed by atoms with Gasteiger partial charge in [-0.3, -0.25) is 4.79 Å². The van der Waals surface area contributed by atoms with Crippen molar-refractivity contribution >= 4 is 34.1 Å². The van der Waals surface area contributed by atoms with E-state index in [9.17, 15) is 4.79 Å². The summed E-state index contributed by atoms with van der Waals surface area (Å²) in [5.41, 5.74) is 4.31. The Morgan fingerprint density at radius 2 is 2.19 bits per heavy atom. The Morgan fingerprint density at radius 3 is 3.00 bits per heavy atom. The molecule has 1 fully saturated rings. The molecule has 27 heavy (non-hydrogen) atoms. The molecule has 6 heteroatoms. The minimum absolute atomic E-state index is 0.0190. The summed E-state index contributed by atoms with van der Waals surface area (Å²) in [6.07, 6.45) is 1.89. The fourth-order valence-corrected chi connectivity index (χ4v) is 4.29. The largest absolute Gasteiger partial charge is 0.352 e. The highest BCUT2D eigenvalue weighted by molar-refractivity contribution is 7.07. The van der Waals surface area contributed by atoms with Gasteiger partial charge in [0.1, 0.15) is 0 Å². The van der Waals surface area contributed by atoms with Crippen LogP contribution in [-0.4, -0.2) is 29.0 Å². The van der Waals surface area contributed by atoms with Gasteiger partial charge in [0.05, 0.1) is 17.1 Å². The summed E-state index contributed by atoms with van der Waals surface area (Å²) < 4.78 is 0. The minimum Gasteiger partial charge on any atom is -0.352 e. The number of benzene rings is 1. The van der Waals surface area contributed by atoms with E-state index in [1.807, 2.05) is 18.4 Å². The molecule has 0 aliphatic carbocycles. The molecule has 1 aliphatic rings. The van der Waals surface area contributed by atoms with E-state index < -0.39 is 0 Å². The van der Waals surface area contributed by atoms with Crippen molar-refractivity contribution in [3.8, 4) is 0 Å². The number of piperidine rings is 1. The lowest BCUT2D eigenvalue weighted by molar-refractivity contribution is -0.125. The van der Waals surface area contributed by atoms with Crippen molar-refractivity contribution in [3.63, 3.8) is 0 Å². The minimum atomic E-state index is -0.0190. The van der Waals surface area contributed by atoms with Gasteiger partial charge < -0.3 is 10.2 Å². The number of carbonyl (C=O) groups excluding carboxylic acids is 1. The van der Waals surface area contributed by atoms with Crippen molar-refractivity contribution < 1.29 is 4.79 Å². The fraction of sp³-hybridized carbons (Fsp3) is 0.381. The summed E-state index contributed by atoms with van der Waals surface area (Å²) in [7, 11) is 0. The maximum atomic E-state index is 12.6. The van der Waals surface area contributed by atoms with Crippen LogP contribution in [0.25, 0.3) is 10.9 Å². The molecule has 0 bridgehead atoms. The van der Waals surface area contributed by atoms with E-state index in [2.05, 4.69) is 40.7 Å². The molecule has 0 unspecified atom stereocenters. The predicted octanol–water partition coefficient (Wildman–Crippen LogP) is 3.84. The second kappa shape index (κ2) is 7.64. The van der Waals surface area contributed by atoms with Crippen molar-refractivity contribution in [2.75, 3.05) is 18.0 Å². The Hall–Kier alpha value is -2.47. The molecule has 3 aromatic rings. The number of anilines is 1. The van der Waals surface area contributed by atoms with Gasteiger partial charge in [-0.05, 0) is 60.7 Å². The molecule has 4 rings (SSSR count). The van der Waals surface area contributed by atoms with E-state index in [1.165, 1.54) is 5.56 Å². The number of aryl methyl sites for hydroxylation is 2. The summed E-state index contributed by atoms with van der Waals surface area (Å²) in [4.78, 5) is 24.3. The maximum absolute atomic E-state index is 12.6. The van der Waals surface area contributed by atoms with Crippen molar-refractivity contribution in [1.82, 2.24) is 15.3 Å². The van der Waals surface area contributed by atoms with E-state index >= 15 is 0 Å². The molecule has 3 heterocycles. The van der Waals surface area contributed by atoms with Gasteiger partial charge in [0.15, 0.2) is 0 Å². The standard InChI is InChI=1S/C21H24N4OS/c1-14-5-6-18-15(2)23-21(24-19(18)10-14)25-8-3-4-17(12-25)20(26)22-11-16-7-9-27-13-16/h5-7,9-10,13,17H,3-4,8,11-12H2,1-2H3,(H,22,26)/t17-/m1/s1. The van der Waals surface area contributed by atoms with Crippen molar-refractivity contribution in [1.29, 1.82) is 0 Å². The maximum Gasteiger partial charge on any atom is 0.226 e. The first-order valence-electron chi connectivity index (χ1n) is 9.39. The molecular formula is C21H24N4OS. The van der Waals surface area contributed by atoms with Crippen LogP contribution in [0.4, 0.5) is 5.95 Å². The van der Waals surface area contributed by atoms with Crippen molar-refractivity contribution in [2.45, 2.75) is 33.2 Å². The first kappa shape index (κ1) is 17.9. The van der Waals surface area contributed by atoms with E-state index in [4.69, 9.17) is 9.97 Å². The SMILES string of the molecule is Cc1ccc2c(C)nc(N3CCC[C@@H](C(=O)NCc4ccsc4)C3)nc2c1. The lowest BCUT2D eigenvalue weighted by Crippen LogP contribution is -2.43. The summed E-state index contributed by atoms with van der Waals surface area (Å²) in [6, 6.07) is 8.32. The Balaban J connectivity index is 1.49. The number of rotatable bonds is 4. The molecule has 1 amide bonds. The van der Waals surface area contributed by atoms with Crippen molar-refractivity contribution in [2.24, 2.45) is 5.92 Å². The van der Waals surface area contributed by atoms with Gasteiger partial charge in [0, 0.05) is 25.0 Å². The lowest BCUT2D eigenvalue weighted by atomic mass is 9.97. The third-order valence-electron chi connectivity index (χ3n) is 5.15. The summed E-state index contributed by atoms with van der Waals surface area (Å²) in [5.74, 6) is 0.842. The molecular weight excluding hydrogens is 356 g/mol. The number of carbonyl (C=O) groups is 1. The second-order valence-corrected chi connectivity index (χ2v) is 8.04. The van der Waals surface area contributed by atoms with Crippen LogP contribution in [0.3, 0.4) is 0 Å². The predicted molar refractivity (Wildman–Crippen MR) is 110 cm³/mol. The highest BCUT2D eigenvalue weighted by Crippen LogP contribution is 2.24. The number of nitrogens with zero attached hydrogens (tertiary/aromatic N) is 3. The zero-order valence-electron chi connectivity index (χ0n) is 15.7. The third kappa shape index (κ3) is 3.95. The number of thiophene rings is 1. The molecule has 140 valence electrons. The van der Waals surface area contributed by atoms with Gasteiger partial charge >= 0.3 is 0 Å². The third-order valence-corrected chi connectivity index (χ3v) is 5.89. The van der Waals surface area contributed by atoms with E-state index in [0.717, 1.165) is 47.5 Å². The first-order chi connectivity index (χ1) is 13.1. The number of amides is 1. The molecule has 1 aromatic carbocycles. The quantitative estimate of drug-likeness (QED) is 0.747. The Kier molecular flexibility index (Phi) is 5.07.